The molecule has 0 aliphatic carbocycles. The molecule has 1 aromatic carbocycles. The summed E-state index contributed by atoms with van der Waals surface area (Å²) in [6.45, 7) is 7.41. The van der Waals surface area contributed by atoms with Crippen LogP contribution in [-0.2, 0) is 0 Å². The van der Waals surface area contributed by atoms with Crippen molar-refractivity contribution in [3.63, 3.8) is 0 Å². The third-order valence-electron chi connectivity index (χ3n) is 3.00. The largest absolute Gasteiger partial charge is 0.493 e. The van der Waals surface area contributed by atoms with Gasteiger partial charge < -0.3 is 19.9 Å². The lowest BCUT2D eigenvalue weighted by atomic mass is 10.2. The first-order chi connectivity index (χ1) is 10.1. The van der Waals surface area contributed by atoms with Gasteiger partial charge >= 0.3 is 0 Å². The normalized spacial score (nSPS) is 14.0. The lowest BCUT2D eigenvalue weighted by molar-refractivity contribution is 0.0141. The average molecular weight is 296 g/mol. The maximum Gasteiger partial charge on any atom is 0.177 e. The first-order valence-electron chi connectivity index (χ1n) is 7.53. The van der Waals surface area contributed by atoms with Crippen molar-refractivity contribution in [3.8, 4) is 11.5 Å². The molecule has 0 saturated carbocycles. The van der Waals surface area contributed by atoms with Crippen molar-refractivity contribution in [2.24, 2.45) is 0 Å². The first kappa shape index (κ1) is 17.8. The highest BCUT2D eigenvalue weighted by molar-refractivity contribution is 5.39. The van der Waals surface area contributed by atoms with Crippen LogP contribution in [0.3, 0.4) is 0 Å². The van der Waals surface area contributed by atoms with Crippen LogP contribution in [-0.4, -0.2) is 43.7 Å². The third kappa shape index (κ3) is 6.33. The van der Waals surface area contributed by atoms with Gasteiger partial charge in [0.2, 0.25) is 0 Å². The maximum atomic E-state index is 10.3. The number of aliphatic hydroxyl groups excluding tert-OH is 1. The Morgan fingerprint density at radius 3 is 2.38 bits per heavy atom. The molecule has 5 heteroatoms. The molecule has 0 aromatic heterocycles. The highest BCUT2D eigenvalue weighted by atomic mass is 16.5. The summed E-state index contributed by atoms with van der Waals surface area (Å²) in [6, 6.07) is 7.76. The van der Waals surface area contributed by atoms with E-state index in [9.17, 15) is 5.11 Å². The fourth-order valence-corrected chi connectivity index (χ4v) is 1.86. The second-order valence-electron chi connectivity index (χ2n) is 5.27. The first-order valence-corrected chi connectivity index (χ1v) is 7.53. The van der Waals surface area contributed by atoms with Crippen LogP contribution in [0, 0.1) is 0 Å². The summed E-state index contributed by atoms with van der Waals surface area (Å²) in [5, 5.41) is 16.8. The Labute approximate surface area is 127 Å². The molecular formula is C16H28N2O3. The van der Waals surface area contributed by atoms with E-state index in [1.165, 1.54) is 0 Å². The fraction of sp³-hybridized carbons (Fsp3) is 0.625. The molecule has 120 valence electrons. The van der Waals surface area contributed by atoms with Crippen molar-refractivity contribution in [1.82, 2.24) is 10.6 Å². The van der Waals surface area contributed by atoms with Gasteiger partial charge in [0.05, 0.1) is 7.11 Å². The van der Waals surface area contributed by atoms with Crippen molar-refractivity contribution in [2.45, 2.75) is 45.6 Å². The molecule has 0 saturated heterocycles. The van der Waals surface area contributed by atoms with Crippen LogP contribution in [0.5, 0.6) is 11.5 Å². The minimum atomic E-state index is -0.649. The van der Waals surface area contributed by atoms with Gasteiger partial charge in [0.15, 0.2) is 17.7 Å². The molecule has 0 heterocycles. The van der Waals surface area contributed by atoms with E-state index in [0.29, 0.717) is 24.1 Å². The van der Waals surface area contributed by atoms with Crippen LogP contribution in [0.15, 0.2) is 24.3 Å². The van der Waals surface area contributed by atoms with Gasteiger partial charge in [-0.2, -0.15) is 0 Å². The summed E-state index contributed by atoms with van der Waals surface area (Å²) in [5.74, 6) is 1.28. The Morgan fingerprint density at radius 1 is 1.14 bits per heavy atom. The molecule has 0 spiro atoms. The predicted octanol–water partition coefficient (Wildman–Crippen LogP) is 1.76. The predicted molar refractivity (Wildman–Crippen MR) is 84.8 cm³/mol. The average Bonchev–Trinajstić information content (AvgIpc) is 2.49. The summed E-state index contributed by atoms with van der Waals surface area (Å²) in [6.07, 6.45) is -0.160. The van der Waals surface area contributed by atoms with Gasteiger partial charge in [-0.3, -0.25) is 5.32 Å². The number of benzene rings is 1. The van der Waals surface area contributed by atoms with Crippen LogP contribution in [0.1, 0.15) is 27.2 Å². The monoisotopic (exact) mass is 296 g/mol. The van der Waals surface area contributed by atoms with Crippen LogP contribution < -0.4 is 20.1 Å². The number of para-hydroxylation sites is 2. The number of ether oxygens (including phenoxy) is 2. The molecular weight excluding hydrogens is 268 g/mol. The zero-order chi connectivity index (χ0) is 15.7. The molecule has 0 radical (unpaired) electrons. The molecule has 2 atom stereocenters. The fourth-order valence-electron chi connectivity index (χ4n) is 1.86. The molecule has 0 aliphatic rings. The van der Waals surface area contributed by atoms with Crippen LogP contribution in [0.25, 0.3) is 0 Å². The smallest absolute Gasteiger partial charge is 0.177 e. The number of nitrogens with one attached hydrogen (secondary N) is 2. The number of aliphatic hydroxyl groups is 1. The third-order valence-corrected chi connectivity index (χ3v) is 3.00. The van der Waals surface area contributed by atoms with Crippen molar-refractivity contribution >= 4 is 0 Å². The molecule has 2 unspecified atom stereocenters. The summed E-state index contributed by atoms with van der Waals surface area (Å²) < 4.78 is 11.2. The SMILES string of the molecule is CCCNC(Oc1ccccc1OC)C(O)CNC(C)C. The van der Waals surface area contributed by atoms with Crippen molar-refractivity contribution in [1.29, 1.82) is 0 Å². The van der Waals surface area contributed by atoms with E-state index in [-0.39, 0.29) is 0 Å². The molecule has 0 fully saturated rings. The summed E-state index contributed by atoms with van der Waals surface area (Å²) in [7, 11) is 1.60. The van der Waals surface area contributed by atoms with Gasteiger partial charge in [0, 0.05) is 12.6 Å². The second-order valence-corrected chi connectivity index (χ2v) is 5.27. The van der Waals surface area contributed by atoms with Gasteiger partial charge in [-0.1, -0.05) is 32.9 Å². The Hall–Kier alpha value is -1.30. The number of hydrogen-bond donors (Lipinski definition) is 3. The zero-order valence-corrected chi connectivity index (χ0v) is 13.4. The van der Waals surface area contributed by atoms with Crippen LogP contribution >= 0.6 is 0 Å². The van der Waals surface area contributed by atoms with Gasteiger partial charge in [0.25, 0.3) is 0 Å². The highest BCUT2D eigenvalue weighted by Crippen LogP contribution is 2.26. The Balaban J connectivity index is 2.72. The lowest BCUT2D eigenvalue weighted by Gasteiger charge is -2.26. The van der Waals surface area contributed by atoms with Gasteiger partial charge in [-0.05, 0) is 25.1 Å². The zero-order valence-electron chi connectivity index (χ0n) is 13.4. The number of methoxy groups -OCH3 is 1. The van der Waals surface area contributed by atoms with E-state index < -0.39 is 12.3 Å². The van der Waals surface area contributed by atoms with Crippen molar-refractivity contribution in [2.75, 3.05) is 20.2 Å². The molecule has 0 amide bonds. The summed E-state index contributed by atoms with van der Waals surface area (Å²) >= 11 is 0. The van der Waals surface area contributed by atoms with Crippen molar-refractivity contribution < 1.29 is 14.6 Å². The van der Waals surface area contributed by atoms with Gasteiger partial charge in [-0.25, -0.2) is 0 Å². The van der Waals surface area contributed by atoms with Gasteiger partial charge in [-0.15, -0.1) is 0 Å². The van der Waals surface area contributed by atoms with E-state index in [2.05, 4.69) is 17.6 Å². The molecule has 0 aliphatic heterocycles. The van der Waals surface area contributed by atoms with E-state index >= 15 is 0 Å². The molecule has 21 heavy (non-hydrogen) atoms. The van der Waals surface area contributed by atoms with Crippen LogP contribution in [0.4, 0.5) is 0 Å². The molecule has 1 aromatic rings. The van der Waals surface area contributed by atoms with E-state index in [0.717, 1.165) is 13.0 Å². The Morgan fingerprint density at radius 2 is 1.81 bits per heavy atom. The molecule has 1 rings (SSSR count). The van der Waals surface area contributed by atoms with E-state index in [4.69, 9.17) is 9.47 Å². The standard InChI is InChI=1S/C16H28N2O3/c1-5-10-17-16(13(19)11-18-12(2)3)21-15-9-7-6-8-14(15)20-4/h6-9,12-13,16-19H,5,10-11H2,1-4H3. The summed E-state index contributed by atoms with van der Waals surface area (Å²) in [4.78, 5) is 0. The maximum absolute atomic E-state index is 10.3. The lowest BCUT2D eigenvalue weighted by Crippen LogP contribution is -2.49. The van der Waals surface area contributed by atoms with E-state index in [1.807, 2.05) is 38.1 Å². The Bertz CT molecular complexity index is 399. The topological polar surface area (TPSA) is 62.8 Å². The van der Waals surface area contributed by atoms with Gasteiger partial charge in [0.1, 0.15) is 6.10 Å². The number of hydrogen-bond acceptors (Lipinski definition) is 5. The summed E-state index contributed by atoms with van der Waals surface area (Å²) in [5.41, 5.74) is 0. The van der Waals surface area contributed by atoms with Crippen molar-refractivity contribution in [3.05, 3.63) is 24.3 Å². The quantitative estimate of drug-likeness (QED) is 0.574. The second kappa shape index (κ2) is 9.60. The number of rotatable bonds is 10. The van der Waals surface area contributed by atoms with Crippen LogP contribution in [0.2, 0.25) is 0 Å². The molecule has 5 nitrogen and oxygen atoms in total. The highest BCUT2D eigenvalue weighted by Gasteiger charge is 2.21. The molecule has 0 bridgehead atoms. The minimum Gasteiger partial charge on any atom is -0.493 e. The minimum absolute atomic E-state index is 0.317. The van der Waals surface area contributed by atoms with E-state index in [1.54, 1.807) is 7.11 Å². The Kier molecular flexibility index (Phi) is 8.12. The molecule has 3 N–H and O–H groups in total.